The Bertz CT molecular complexity index is 305. The number of benzene rings is 1. The molecular formula is C16H28N2. The number of nitrogens with zero attached hydrogens (tertiary/aromatic N) is 1. The van der Waals surface area contributed by atoms with Gasteiger partial charge in [-0.15, -0.1) is 0 Å². The van der Waals surface area contributed by atoms with E-state index in [4.69, 9.17) is 0 Å². The number of rotatable bonds is 9. The molecule has 1 N–H and O–H groups in total. The van der Waals surface area contributed by atoms with E-state index in [-0.39, 0.29) is 0 Å². The van der Waals surface area contributed by atoms with E-state index < -0.39 is 0 Å². The van der Waals surface area contributed by atoms with Crippen LogP contribution in [0.5, 0.6) is 0 Å². The molecule has 2 nitrogen and oxygen atoms in total. The molecule has 0 bridgehead atoms. The summed E-state index contributed by atoms with van der Waals surface area (Å²) in [5.74, 6) is 0. The fourth-order valence-corrected chi connectivity index (χ4v) is 2.04. The zero-order valence-electron chi connectivity index (χ0n) is 12.2. The minimum absolute atomic E-state index is 1.06. The van der Waals surface area contributed by atoms with Gasteiger partial charge in [-0.05, 0) is 37.6 Å². The molecule has 0 aromatic heterocycles. The summed E-state index contributed by atoms with van der Waals surface area (Å²) in [4.78, 5) is 2.39. The van der Waals surface area contributed by atoms with Gasteiger partial charge in [0.1, 0.15) is 0 Å². The molecular weight excluding hydrogens is 220 g/mol. The molecule has 1 rings (SSSR count). The molecule has 0 heterocycles. The van der Waals surface area contributed by atoms with Crippen molar-refractivity contribution in [3.63, 3.8) is 0 Å². The van der Waals surface area contributed by atoms with Gasteiger partial charge in [0.05, 0.1) is 0 Å². The van der Waals surface area contributed by atoms with Gasteiger partial charge in [0, 0.05) is 19.6 Å². The van der Waals surface area contributed by atoms with E-state index in [1.54, 1.807) is 0 Å². The summed E-state index contributed by atoms with van der Waals surface area (Å²) < 4.78 is 0. The summed E-state index contributed by atoms with van der Waals surface area (Å²) in [5, 5.41) is 3.36. The number of likely N-dealkylation sites (N-methyl/N-ethyl adjacent to an activating group) is 2. The number of aryl methyl sites for hydroxylation is 1. The van der Waals surface area contributed by atoms with Crippen LogP contribution in [0.25, 0.3) is 0 Å². The molecule has 1 aromatic rings. The number of hydrogen-bond acceptors (Lipinski definition) is 2. The second-order valence-corrected chi connectivity index (χ2v) is 4.97. The maximum absolute atomic E-state index is 3.36. The van der Waals surface area contributed by atoms with Crippen molar-refractivity contribution in [2.24, 2.45) is 0 Å². The molecule has 0 radical (unpaired) electrons. The Labute approximate surface area is 112 Å². The highest BCUT2D eigenvalue weighted by atomic mass is 15.1. The predicted octanol–water partition coefficient (Wildman–Crippen LogP) is 2.72. The molecule has 0 amide bonds. The summed E-state index contributed by atoms with van der Waals surface area (Å²) in [6.07, 6.45) is 3.57. The Kier molecular flexibility index (Phi) is 7.70. The van der Waals surface area contributed by atoms with Crippen molar-refractivity contribution in [2.45, 2.75) is 33.1 Å². The van der Waals surface area contributed by atoms with Crippen molar-refractivity contribution < 1.29 is 0 Å². The highest BCUT2D eigenvalue weighted by molar-refractivity contribution is 5.22. The fourth-order valence-electron chi connectivity index (χ4n) is 2.04. The van der Waals surface area contributed by atoms with Gasteiger partial charge in [0.2, 0.25) is 0 Å². The minimum Gasteiger partial charge on any atom is -0.316 e. The molecule has 0 fully saturated rings. The molecule has 0 aliphatic heterocycles. The quantitative estimate of drug-likeness (QED) is 0.676. The molecule has 0 aliphatic rings. The van der Waals surface area contributed by atoms with Crippen LogP contribution in [-0.2, 0) is 12.8 Å². The molecule has 1 aromatic carbocycles. The molecule has 0 spiro atoms. The van der Waals surface area contributed by atoms with Gasteiger partial charge in [-0.1, -0.05) is 44.5 Å². The lowest BCUT2D eigenvalue weighted by Crippen LogP contribution is -2.30. The van der Waals surface area contributed by atoms with Crippen molar-refractivity contribution in [1.82, 2.24) is 10.2 Å². The Morgan fingerprint density at radius 2 is 1.56 bits per heavy atom. The first kappa shape index (κ1) is 15.2. The highest BCUT2D eigenvalue weighted by Gasteiger charge is 1.99. The van der Waals surface area contributed by atoms with Gasteiger partial charge in [-0.3, -0.25) is 0 Å². The van der Waals surface area contributed by atoms with Crippen molar-refractivity contribution in [2.75, 3.05) is 33.2 Å². The maximum Gasteiger partial charge on any atom is 0.0104 e. The van der Waals surface area contributed by atoms with E-state index in [1.165, 1.54) is 24.0 Å². The van der Waals surface area contributed by atoms with Crippen molar-refractivity contribution >= 4 is 0 Å². The smallest absolute Gasteiger partial charge is 0.0104 e. The maximum atomic E-state index is 3.36. The summed E-state index contributed by atoms with van der Waals surface area (Å²) >= 11 is 0. The summed E-state index contributed by atoms with van der Waals surface area (Å²) in [6.45, 7) is 8.79. The summed E-state index contributed by atoms with van der Waals surface area (Å²) in [7, 11) is 2.20. The Morgan fingerprint density at radius 1 is 0.944 bits per heavy atom. The third-order valence-electron chi connectivity index (χ3n) is 3.26. The van der Waals surface area contributed by atoms with Crippen LogP contribution in [0.15, 0.2) is 24.3 Å². The lowest BCUT2D eigenvalue weighted by Gasteiger charge is -2.16. The van der Waals surface area contributed by atoms with E-state index in [1.807, 2.05) is 0 Å². The van der Waals surface area contributed by atoms with Gasteiger partial charge >= 0.3 is 0 Å². The van der Waals surface area contributed by atoms with E-state index >= 15 is 0 Å². The fraction of sp³-hybridized carbons (Fsp3) is 0.625. The number of hydrogen-bond donors (Lipinski definition) is 1. The molecule has 0 aliphatic carbocycles. The molecule has 0 saturated carbocycles. The summed E-state index contributed by atoms with van der Waals surface area (Å²) in [6, 6.07) is 9.11. The third kappa shape index (κ3) is 6.18. The average molecular weight is 248 g/mol. The monoisotopic (exact) mass is 248 g/mol. The van der Waals surface area contributed by atoms with E-state index in [2.05, 4.69) is 55.4 Å². The molecule has 18 heavy (non-hydrogen) atoms. The minimum atomic E-state index is 1.06. The lowest BCUT2D eigenvalue weighted by molar-refractivity contribution is 0.337. The zero-order valence-corrected chi connectivity index (χ0v) is 12.2. The van der Waals surface area contributed by atoms with Gasteiger partial charge in [-0.25, -0.2) is 0 Å². The van der Waals surface area contributed by atoms with Crippen LogP contribution in [-0.4, -0.2) is 38.1 Å². The summed E-state index contributed by atoms with van der Waals surface area (Å²) in [5.41, 5.74) is 2.91. The van der Waals surface area contributed by atoms with Crippen LogP contribution in [0.3, 0.4) is 0 Å². The number of nitrogens with one attached hydrogen (secondary N) is 1. The first-order chi connectivity index (χ1) is 8.76. The molecule has 0 atom stereocenters. The molecule has 2 heteroatoms. The third-order valence-corrected chi connectivity index (χ3v) is 3.26. The Morgan fingerprint density at radius 3 is 2.11 bits per heavy atom. The van der Waals surface area contributed by atoms with E-state index in [0.717, 1.165) is 32.6 Å². The van der Waals surface area contributed by atoms with Gasteiger partial charge in [0.25, 0.3) is 0 Å². The van der Waals surface area contributed by atoms with Crippen LogP contribution < -0.4 is 5.32 Å². The predicted molar refractivity (Wildman–Crippen MR) is 80.2 cm³/mol. The van der Waals surface area contributed by atoms with Crippen LogP contribution >= 0.6 is 0 Å². The largest absolute Gasteiger partial charge is 0.316 e. The lowest BCUT2D eigenvalue weighted by atomic mass is 10.1. The van der Waals surface area contributed by atoms with Crippen molar-refractivity contribution in [3.8, 4) is 0 Å². The second-order valence-electron chi connectivity index (χ2n) is 4.97. The zero-order chi connectivity index (χ0) is 13.2. The Balaban J connectivity index is 2.25. The van der Waals surface area contributed by atoms with Gasteiger partial charge < -0.3 is 10.2 Å². The molecule has 0 saturated heterocycles. The van der Waals surface area contributed by atoms with Crippen LogP contribution in [0.2, 0.25) is 0 Å². The van der Waals surface area contributed by atoms with Crippen LogP contribution in [0, 0.1) is 0 Å². The highest BCUT2D eigenvalue weighted by Crippen LogP contribution is 2.07. The molecule has 0 unspecified atom stereocenters. The van der Waals surface area contributed by atoms with Crippen LogP contribution in [0.1, 0.15) is 31.4 Å². The average Bonchev–Trinajstić information content (AvgIpc) is 2.39. The Hall–Kier alpha value is -0.860. The topological polar surface area (TPSA) is 15.3 Å². The van der Waals surface area contributed by atoms with Gasteiger partial charge in [-0.2, -0.15) is 0 Å². The molecule has 102 valence electrons. The van der Waals surface area contributed by atoms with Crippen molar-refractivity contribution in [3.05, 3.63) is 35.4 Å². The first-order valence-electron chi connectivity index (χ1n) is 7.23. The van der Waals surface area contributed by atoms with Gasteiger partial charge in [0.15, 0.2) is 0 Å². The SMILES string of the molecule is CCCc1ccc(CCN(C)CCNCC)cc1. The second kappa shape index (κ2) is 9.12. The van der Waals surface area contributed by atoms with Crippen molar-refractivity contribution in [1.29, 1.82) is 0 Å². The first-order valence-corrected chi connectivity index (χ1v) is 7.23. The van der Waals surface area contributed by atoms with Crippen LogP contribution in [0.4, 0.5) is 0 Å². The normalized spacial score (nSPS) is 11.1. The van der Waals surface area contributed by atoms with E-state index in [0.29, 0.717) is 0 Å². The van der Waals surface area contributed by atoms with E-state index in [9.17, 15) is 0 Å². The standard InChI is InChI=1S/C16H28N2/c1-4-6-15-7-9-16(10-8-15)11-13-18(3)14-12-17-5-2/h7-10,17H,4-6,11-14H2,1-3H3.